The lowest BCUT2D eigenvalue weighted by molar-refractivity contribution is -0.384. The molecule has 0 radical (unpaired) electrons. The Balaban J connectivity index is 1.65. The molecule has 0 unspecified atom stereocenters. The third kappa shape index (κ3) is 6.23. The molecule has 0 spiro atoms. The largest absolute Gasteiger partial charge is 0.456 e. The number of ether oxygens (including phenoxy) is 1. The van der Waals surface area contributed by atoms with Gasteiger partial charge in [-0.25, -0.2) is 0 Å². The number of carbonyl (C=O) groups is 2. The summed E-state index contributed by atoms with van der Waals surface area (Å²) in [5.41, 5.74) is 1.00. The topological polar surface area (TPSA) is 111 Å². The van der Waals surface area contributed by atoms with Gasteiger partial charge in [0.15, 0.2) is 6.61 Å². The van der Waals surface area contributed by atoms with Crippen LogP contribution in [-0.2, 0) is 14.3 Å². The molecule has 0 saturated heterocycles. The zero-order chi connectivity index (χ0) is 18.8. The number of hydrogen-bond acceptors (Lipinski definition) is 6. The van der Waals surface area contributed by atoms with Crippen molar-refractivity contribution in [3.63, 3.8) is 0 Å². The van der Waals surface area contributed by atoms with Crippen LogP contribution in [0.15, 0.2) is 54.6 Å². The summed E-state index contributed by atoms with van der Waals surface area (Å²) in [7, 11) is 0. The predicted molar refractivity (Wildman–Crippen MR) is 96.9 cm³/mol. The first-order chi connectivity index (χ1) is 12.6. The number of rotatable bonds is 9. The number of benzene rings is 2. The number of nitro groups is 1. The maximum atomic E-state index is 11.7. The second kappa shape index (κ2) is 9.77. The summed E-state index contributed by atoms with van der Waals surface area (Å²) in [5.74, 6) is -0.917. The van der Waals surface area contributed by atoms with Crippen molar-refractivity contribution in [3.8, 4) is 0 Å². The number of nitrogens with zero attached hydrogens (tertiary/aromatic N) is 1. The Labute approximate surface area is 150 Å². The molecule has 8 nitrogen and oxygen atoms in total. The number of hydrogen-bond donors (Lipinski definition) is 2. The fraction of sp³-hybridized carbons (Fsp3) is 0.222. The smallest absolute Gasteiger partial charge is 0.306 e. The van der Waals surface area contributed by atoms with Crippen molar-refractivity contribution in [2.75, 3.05) is 23.8 Å². The van der Waals surface area contributed by atoms with E-state index in [1.54, 1.807) is 42.5 Å². The molecule has 26 heavy (non-hydrogen) atoms. The lowest BCUT2D eigenvalue weighted by Crippen LogP contribution is -2.21. The Hall–Kier alpha value is -3.42. The molecule has 0 fully saturated rings. The van der Waals surface area contributed by atoms with Crippen LogP contribution in [0.4, 0.5) is 17.1 Å². The van der Waals surface area contributed by atoms with Crippen LogP contribution < -0.4 is 10.6 Å². The van der Waals surface area contributed by atoms with Crippen molar-refractivity contribution >= 4 is 28.9 Å². The van der Waals surface area contributed by atoms with Gasteiger partial charge in [-0.15, -0.1) is 0 Å². The van der Waals surface area contributed by atoms with Crippen LogP contribution in [0, 0.1) is 10.1 Å². The summed E-state index contributed by atoms with van der Waals surface area (Å²) in [6.07, 6.45) is 0.525. The SMILES string of the molecule is O=C(COC(=O)CCCNc1ccccc1[N+](=O)[O-])Nc1ccccc1. The summed E-state index contributed by atoms with van der Waals surface area (Å²) in [5, 5.41) is 16.4. The van der Waals surface area contributed by atoms with Gasteiger partial charge in [-0.2, -0.15) is 0 Å². The van der Waals surface area contributed by atoms with Crippen molar-refractivity contribution in [1.82, 2.24) is 0 Å². The Morgan fingerprint density at radius 2 is 1.73 bits per heavy atom. The maximum Gasteiger partial charge on any atom is 0.306 e. The summed E-state index contributed by atoms with van der Waals surface area (Å²) < 4.78 is 4.90. The second-order valence-electron chi connectivity index (χ2n) is 5.38. The van der Waals surface area contributed by atoms with Crippen LogP contribution in [0.3, 0.4) is 0 Å². The molecule has 0 atom stereocenters. The minimum atomic E-state index is -0.502. The Bertz CT molecular complexity index is 764. The highest BCUT2D eigenvalue weighted by Crippen LogP contribution is 2.22. The first-order valence-electron chi connectivity index (χ1n) is 8.04. The van der Waals surface area contributed by atoms with Gasteiger partial charge in [0, 0.05) is 24.7 Å². The summed E-state index contributed by atoms with van der Waals surface area (Å²) >= 11 is 0. The van der Waals surface area contributed by atoms with Gasteiger partial charge in [0.05, 0.1) is 4.92 Å². The summed E-state index contributed by atoms with van der Waals surface area (Å²) in [6.45, 7) is 0.0154. The maximum absolute atomic E-state index is 11.7. The molecule has 0 aliphatic heterocycles. The van der Waals surface area contributed by atoms with E-state index in [0.29, 0.717) is 24.3 Å². The zero-order valence-corrected chi connectivity index (χ0v) is 14.0. The lowest BCUT2D eigenvalue weighted by atomic mass is 10.2. The standard InChI is InChI=1S/C18H19N3O5/c22-17(20-14-7-2-1-3-8-14)13-26-18(23)11-6-12-19-15-9-4-5-10-16(15)21(24)25/h1-5,7-10,19H,6,11-13H2,(H,20,22). The predicted octanol–water partition coefficient (Wildman–Crippen LogP) is 2.97. The van der Waals surface area contributed by atoms with E-state index in [-0.39, 0.29) is 18.7 Å². The number of carbonyl (C=O) groups excluding carboxylic acids is 2. The highest BCUT2D eigenvalue weighted by Gasteiger charge is 2.12. The van der Waals surface area contributed by atoms with Gasteiger partial charge in [0.25, 0.3) is 11.6 Å². The first kappa shape index (κ1) is 18.9. The van der Waals surface area contributed by atoms with E-state index in [9.17, 15) is 19.7 Å². The second-order valence-corrected chi connectivity index (χ2v) is 5.38. The fourth-order valence-electron chi connectivity index (χ4n) is 2.17. The molecule has 0 saturated carbocycles. The Morgan fingerprint density at radius 3 is 2.46 bits per heavy atom. The lowest BCUT2D eigenvalue weighted by Gasteiger charge is -2.08. The van der Waals surface area contributed by atoms with E-state index in [1.807, 2.05) is 6.07 Å². The van der Waals surface area contributed by atoms with Crippen LogP contribution in [0.25, 0.3) is 0 Å². The van der Waals surface area contributed by atoms with Gasteiger partial charge < -0.3 is 15.4 Å². The number of para-hydroxylation sites is 3. The summed E-state index contributed by atoms with van der Waals surface area (Å²) in [4.78, 5) is 33.7. The molecule has 8 heteroatoms. The molecule has 0 heterocycles. The Kier molecular flexibility index (Phi) is 7.11. The van der Waals surface area contributed by atoms with Crippen molar-refractivity contribution in [3.05, 3.63) is 64.7 Å². The average Bonchev–Trinajstić information content (AvgIpc) is 2.64. The Morgan fingerprint density at radius 1 is 1.04 bits per heavy atom. The number of nitro benzene ring substituents is 1. The van der Waals surface area contributed by atoms with E-state index in [1.165, 1.54) is 6.07 Å². The normalized spacial score (nSPS) is 10.0. The molecule has 0 aliphatic carbocycles. The minimum Gasteiger partial charge on any atom is -0.456 e. The molecule has 0 bridgehead atoms. The molecule has 0 aliphatic rings. The number of amides is 1. The van der Waals surface area contributed by atoms with Crippen LogP contribution >= 0.6 is 0 Å². The molecule has 2 N–H and O–H groups in total. The molecular weight excluding hydrogens is 338 g/mol. The molecule has 2 aromatic carbocycles. The van der Waals surface area contributed by atoms with Gasteiger partial charge in [-0.3, -0.25) is 19.7 Å². The van der Waals surface area contributed by atoms with E-state index >= 15 is 0 Å². The van der Waals surface area contributed by atoms with Gasteiger partial charge >= 0.3 is 5.97 Å². The van der Waals surface area contributed by atoms with Gasteiger partial charge in [-0.05, 0) is 24.6 Å². The van der Waals surface area contributed by atoms with Crippen LogP contribution in [0.2, 0.25) is 0 Å². The fourth-order valence-corrected chi connectivity index (χ4v) is 2.17. The van der Waals surface area contributed by atoms with Crippen molar-refractivity contribution < 1.29 is 19.2 Å². The molecular formula is C18H19N3O5. The molecule has 1 amide bonds. The minimum absolute atomic E-state index is 0.0207. The van der Waals surface area contributed by atoms with Crippen molar-refractivity contribution in [1.29, 1.82) is 0 Å². The highest BCUT2D eigenvalue weighted by atomic mass is 16.6. The number of nitrogens with one attached hydrogen (secondary N) is 2. The third-order valence-corrected chi connectivity index (χ3v) is 3.40. The first-order valence-corrected chi connectivity index (χ1v) is 8.04. The molecule has 2 aromatic rings. The third-order valence-electron chi connectivity index (χ3n) is 3.40. The monoisotopic (exact) mass is 357 g/mol. The highest BCUT2D eigenvalue weighted by molar-refractivity contribution is 5.92. The number of esters is 1. The van der Waals surface area contributed by atoms with E-state index in [4.69, 9.17) is 4.74 Å². The van der Waals surface area contributed by atoms with Crippen molar-refractivity contribution in [2.45, 2.75) is 12.8 Å². The van der Waals surface area contributed by atoms with E-state index in [2.05, 4.69) is 10.6 Å². The molecule has 0 aromatic heterocycles. The molecule has 2 rings (SSSR count). The van der Waals surface area contributed by atoms with Crippen LogP contribution in [-0.4, -0.2) is 30.0 Å². The number of anilines is 2. The van der Waals surface area contributed by atoms with Gasteiger partial charge in [0.1, 0.15) is 5.69 Å². The van der Waals surface area contributed by atoms with E-state index < -0.39 is 16.8 Å². The van der Waals surface area contributed by atoms with Crippen molar-refractivity contribution in [2.24, 2.45) is 0 Å². The quantitative estimate of drug-likeness (QED) is 0.309. The van der Waals surface area contributed by atoms with E-state index in [0.717, 1.165) is 0 Å². The summed E-state index contributed by atoms with van der Waals surface area (Å²) in [6, 6.07) is 15.1. The van der Waals surface area contributed by atoms with Crippen LogP contribution in [0.5, 0.6) is 0 Å². The molecule has 136 valence electrons. The van der Waals surface area contributed by atoms with Crippen LogP contribution in [0.1, 0.15) is 12.8 Å². The zero-order valence-electron chi connectivity index (χ0n) is 14.0. The van der Waals surface area contributed by atoms with Gasteiger partial charge in [-0.1, -0.05) is 30.3 Å². The van der Waals surface area contributed by atoms with Gasteiger partial charge in [0.2, 0.25) is 0 Å². The average molecular weight is 357 g/mol.